The maximum Gasteiger partial charge on any atom is 0.0720 e. The first-order valence-corrected chi connectivity index (χ1v) is 9.96. The van der Waals surface area contributed by atoms with Crippen LogP contribution in [0, 0.1) is 0 Å². The van der Waals surface area contributed by atoms with Crippen molar-refractivity contribution in [1.29, 1.82) is 0 Å². The van der Waals surface area contributed by atoms with E-state index in [0.717, 1.165) is 52.2 Å². The largest absolute Gasteiger partial charge is 0.375 e. The first-order valence-electron chi connectivity index (χ1n) is 9.96. The smallest absolute Gasteiger partial charge is 0.0720 e. The summed E-state index contributed by atoms with van der Waals surface area (Å²) in [4.78, 5) is 6.71. The zero-order valence-electron chi connectivity index (χ0n) is 17.3. The summed E-state index contributed by atoms with van der Waals surface area (Å²) in [5, 5.41) is 7.27. The normalized spacial score (nSPS) is 19.7. The van der Waals surface area contributed by atoms with Gasteiger partial charge in [0, 0.05) is 49.7 Å². The molecule has 5 nitrogen and oxygen atoms in total. The van der Waals surface area contributed by atoms with Gasteiger partial charge < -0.3 is 15.4 Å². The third-order valence-electron chi connectivity index (χ3n) is 4.78. The fraction of sp³-hybridized carbons (Fsp3) is 0.762. The highest BCUT2D eigenvalue weighted by atomic mass is 16.5. The van der Waals surface area contributed by atoms with E-state index in [0.29, 0.717) is 6.10 Å². The molecule has 26 heavy (non-hydrogen) atoms. The number of hydrogen-bond acceptors (Lipinski definition) is 5. The molecular weight excluding hydrogens is 324 g/mol. The standard InChI is InChI=1S/C21H38N4O/c1-20(2,3)23-11-12-25-13-14-26-19(17-25)15-21(4,5)24-10-8-18-7-6-9-22-16-18/h6-7,9,16,19,23-24H,8,10-15,17H2,1-5H3. The van der Waals surface area contributed by atoms with E-state index in [9.17, 15) is 0 Å². The number of nitrogens with one attached hydrogen (secondary N) is 2. The lowest BCUT2D eigenvalue weighted by atomic mass is 9.95. The Kier molecular flexibility index (Phi) is 8.02. The van der Waals surface area contributed by atoms with Gasteiger partial charge in [0.05, 0.1) is 12.7 Å². The van der Waals surface area contributed by atoms with Crippen LogP contribution in [0.2, 0.25) is 0 Å². The van der Waals surface area contributed by atoms with E-state index in [1.807, 2.05) is 18.5 Å². The molecule has 0 bridgehead atoms. The average molecular weight is 363 g/mol. The minimum absolute atomic E-state index is 0.0690. The average Bonchev–Trinajstić information content (AvgIpc) is 2.54. The molecule has 0 spiro atoms. The molecule has 0 radical (unpaired) electrons. The molecule has 148 valence electrons. The maximum absolute atomic E-state index is 6.04. The van der Waals surface area contributed by atoms with Crippen molar-refractivity contribution in [2.75, 3.05) is 39.3 Å². The third-order valence-corrected chi connectivity index (χ3v) is 4.78. The zero-order chi connectivity index (χ0) is 19.0. The van der Waals surface area contributed by atoms with Gasteiger partial charge in [0.1, 0.15) is 0 Å². The van der Waals surface area contributed by atoms with E-state index in [1.54, 1.807) is 0 Å². The summed E-state index contributed by atoms with van der Waals surface area (Å²) < 4.78 is 6.04. The molecule has 1 saturated heterocycles. The minimum Gasteiger partial charge on any atom is -0.375 e. The Morgan fingerprint density at radius 2 is 2.00 bits per heavy atom. The quantitative estimate of drug-likeness (QED) is 0.707. The molecule has 0 aliphatic carbocycles. The minimum atomic E-state index is 0.0690. The molecule has 1 aliphatic heterocycles. The number of ether oxygens (including phenoxy) is 1. The molecular formula is C21H38N4O. The molecule has 2 rings (SSSR count). The van der Waals surface area contributed by atoms with Crippen LogP contribution in [0.5, 0.6) is 0 Å². The van der Waals surface area contributed by atoms with Crippen LogP contribution >= 0.6 is 0 Å². The summed E-state index contributed by atoms with van der Waals surface area (Å²) in [5.74, 6) is 0. The Morgan fingerprint density at radius 1 is 1.19 bits per heavy atom. The third kappa shape index (κ3) is 8.58. The van der Waals surface area contributed by atoms with E-state index < -0.39 is 0 Å². The SMILES string of the molecule is CC(C)(C)NCCN1CCOC(CC(C)(C)NCCc2cccnc2)C1. The second-order valence-corrected chi connectivity index (χ2v) is 9.10. The van der Waals surface area contributed by atoms with E-state index in [-0.39, 0.29) is 11.1 Å². The predicted molar refractivity (Wildman–Crippen MR) is 109 cm³/mol. The predicted octanol–water partition coefficient (Wildman–Crippen LogP) is 2.47. The van der Waals surface area contributed by atoms with Crippen LogP contribution in [-0.4, -0.2) is 66.4 Å². The van der Waals surface area contributed by atoms with Crippen molar-refractivity contribution in [3.8, 4) is 0 Å². The Balaban J connectivity index is 1.70. The molecule has 0 aromatic carbocycles. The highest BCUT2D eigenvalue weighted by Gasteiger charge is 2.27. The van der Waals surface area contributed by atoms with Gasteiger partial charge in [-0.05, 0) is 65.6 Å². The van der Waals surface area contributed by atoms with Crippen molar-refractivity contribution in [1.82, 2.24) is 20.5 Å². The fourth-order valence-corrected chi connectivity index (χ4v) is 3.43. The second-order valence-electron chi connectivity index (χ2n) is 9.10. The van der Waals surface area contributed by atoms with Crippen molar-refractivity contribution in [3.63, 3.8) is 0 Å². The van der Waals surface area contributed by atoms with Gasteiger partial charge in [0.2, 0.25) is 0 Å². The molecule has 1 atom stereocenters. The van der Waals surface area contributed by atoms with Crippen molar-refractivity contribution in [3.05, 3.63) is 30.1 Å². The molecule has 0 amide bonds. The monoisotopic (exact) mass is 362 g/mol. The number of pyridine rings is 1. The maximum atomic E-state index is 6.04. The summed E-state index contributed by atoms with van der Waals surface area (Å²) in [6.07, 6.45) is 6.11. The van der Waals surface area contributed by atoms with Gasteiger partial charge in [0.15, 0.2) is 0 Å². The Bertz CT molecular complexity index is 512. The fourth-order valence-electron chi connectivity index (χ4n) is 3.43. The van der Waals surface area contributed by atoms with Crippen molar-refractivity contribution in [2.24, 2.45) is 0 Å². The highest BCUT2D eigenvalue weighted by molar-refractivity contribution is 5.08. The number of aromatic nitrogens is 1. The Hall–Kier alpha value is -1.01. The lowest BCUT2D eigenvalue weighted by Gasteiger charge is -2.38. The van der Waals surface area contributed by atoms with E-state index in [1.165, 1.54) is 5.56 Å². The molecule has 1 aliphatic rings. The van der Waals surface area contributed by atoms with Gasteiger partial charge in [-0.1, -0.05) is 6.07 Å². The second kappa shape index (κ2) is 9.79. The summed E-state index contributed by atoms with van der Waals surface area (Å²) in [6.45, 7) is 17.2. The Labute approximate surface area is 159 Å². The van der Waals surface area contributed by atoms with Crippen LogP contribution in [-0.2, 0) is 11.2 Å². The number of rotatable bonds is 9. The summed E-state index contributed by atoms with van der Waals surface area (Å²) in [7, 11) is 0. The Morgan fingerprint density at radius 3 is 2.69 bits per heavy atom. The molecule has 2 N–H and O–H groups in total. The summed E-state index contributed by atoms with van der Waals surface area (Å²) in [6, 6.07) is 4.13. The summed E-state index contributed by atoms with van der Waals surface area (Å²) in [5.41, 5.74) is 1.54. The van der Waals surface area contributed by atoms with Crippen LogP contribution in [0.25, 0.3) is 0 Å². The van der Waals surface area contributed by atoms with E-state index in [4.69, 9.17) is 4.74 Å². The zero-order valence-corrected chi connectivity index (χ0v) is 17.3. The molecule has 1 unspecified atom stereocenters. The molecule has 1 aromatic heterocycles. The highest BCUT2D eigenvalue weighted by Crippen LogP contribution is 2.18. The molecule has 2 heterocycles. The van der Waals surface area contributed by atoms with E-state index in [2.05, 4.69) is 61.2 Å². The number of nitrogens with zero attached hydrogens (tertiary/aromatic N) is 2. The van der Waals surface area contributed by atoms with Gasteiger partial charge in [-0.2, -0.15) is 0 Å². The first kappa shape index (κ1) is 21.3. The lowest BCUT2D eigenvalue weighted by Crippen LogP contribution is -2.51. The number of morpholine rings is 1. The van der Waals surface area contributed by atoms with Crippen LogP contribution in [0.4, 0.5) is 0 Å². The van der Waals surface area contributed by atoms with Crippen LogP contribution in [0.3, 0.4) is 0 Å². The molecule has 5 heteroatoms. The van der Waals surface area contributed by atoms with Crippen molar-refractivity contribution < 1.29 is 4.74 Å². The van der Waals surface area contributed by atoms with Crippen LogP contribution < -0.4 is 10.6 Å². The van der Waals surface area contributed by atoms with Crippen molar-refractivity contribution in [2.45, 2.75) is 64.6 Å². The topological polar surface area (TPSA) is 49.4 Å². The van der Waals surface area contributed by atoms with Gasteiger partial charge in [-0.3, -0.25) is 9.88 Å². The van der Waals surface area contributed by atoms with Gasteiger partial charge in [-0.15, -0.1) is 0 Å². The molecule has 1 fully saturated rings. The molecule has 1 aromatic rings. The lowest BCUT2D eigenvalue weighted by molar-refractivity contribution is -0.0417. The van der Waals surface area contributed by atoms with Gasteiger partial charge in [-0.25, -0.2) is 0 Å². The van der Waals surface area contributed by atoms with E-state index >= 15 is 0 Å². The first-order chi connectivity index (χ1) is 12.2. The van der Waals surface area contributed by atoms with Crippen LogP contribution in [0.1, 0.15) is 46.6 Å². The van der Waals surface area contributed by atoms with Gasteiger partial charge >= 0.3 is 0 Å². The van der Waals surface area contributed by atoms with Crippen molar-refractivity contribution >= 4 is 0 Å². The van der Waals surface area contributed by atoms with Crippen LogP contribution in [0.15, 0.2) is 24.5 Å². The summed E-state index contributed by atoms with van der Waals surface area (Å²) >= 11 is 0. The molecule has 0 saturated carbocycles. The number of hydrogen-bond donors (Lipinski definition) is 2. The van der Waals surface area contributed by atoms with Gasteiger partial charge in [0.25, 0.3) is 0 Å².